The number of rotatable bonds is 3. The Morgan fingerprint density at radius 3 is 2.40 bits per heavy atom. The van der Waals surface area contributed by atoms with Gasteiger partial charge in [0.1, 0.15) is 16.5 Å². The summed E-state index contributed by atoms with van der Waals surface area (Å²) in [5, 5.41) is 19.2. The summed E-state index contributed by atoms with van der Waals surface area (Å²) in [4.78, 5) is 13.3. The van der Waals surface area contributed by atoms with Gasteiger partial charge in [-0.3, -0.25) is 0 Å². The molecule has 0 radical (unpaired) electrons. The zero-order valence-corrected chi connectivity index (χ0v) is 15.8. The predicted molar refractivity (Wildman–Crippen MR) is 92.3 cm³/mol. The number of likely N-dealkylation sites (tertiary alicyclic amines) is 1. The lowest BCUT2D eigenvalue weighted by molar-refractivity contribution is -0.0108. The number of aliphatic hydroxyl groups is 2. The van der Waals surface area contributed by atoms with Crippen LogP contribution in [0.1, 0.15) is 20.8 Å². The number of hydrogen-bond acceptors (Lipinski definition) is 6. The van der Waals surface area contributed by atoms with Gasteiger partial charge >= 0.3 is 6.09 Å². The van der Waals surface area contributed by atoms with Crippen LogP contribution < -0.4 is 0 Å². The number of carbonyl (C=O) groups is 1. The smallest absolute Gasteiger partial charge is 0.410 e. The van der Waals surface area contributed by atoms with Crippen LogP contribution in [0.15, 0.2) is 29.2 Å². The summed E-state index contributed by atoms with van der Waals surface area (Å²) in [6, 6.07) is 5.50. The third-order valence-electron chi connectivity index (χ3n) is 3.89. The second kappa shape index (κ2) is 6.75. The van der Waals surface area contributed by atoms with Crippen LogP contribution in [0.4, 0.5) is 4.79 Å². The van der Waals surface area contributed by atoms with Gasteiger partial charge in [-0.25, -0.2) is 13.2 Å². The Kier molecular flexibility index (Phi) is 5.39. The summed E-state index contributed by atoms with van der Waals surface area (Å²) in [6.07, 6.45) is -0.742. The average Bonchev–Trinajstić information content (AvgIpc) is 2.85. The molecular weight excluding hydrogens is 370 g/mol. The number of amides is 1. The van der Waals surface area contributed by atoms with E-state index in [1.165, 1.54) is 24.3 Å². The van der Waals surface area contributed by atoms with Crippen molar-refractivity contribution < 1.29 is 28.2 Å². The van der Waals surface area contributed by atoms with E-state index in [9.17, 15) is 23.4 Å². The second-order valence-corrected chi connectivity index (χ2v) is 9.68. The number of hydrogen-bond donors (Lipinski definition) is 2. The van der Waals surface area contributed by atoms with E-state index in [0.29, 0.717) is 5.02 Å². The zero-order valence-electron chi connectivity index (χ0n) is 14.3. The molecule has 0 saturated carbocycles. The number of β-amino-alcohol motifs (C(OH)–C–C–N with tert-alkyl or cyclic N) is 1. The molecule has 1 aromatic carbocycles. The van der Waals surface area contributed by atoms with Crippen molar-refractivity contribution in [2.24, 2.45) is 0 Å². The van der Waals surface area contributed by atoms with Crippen molar-refractivity contribution in [1.29, 1.82) is 0 Å². The van der Waals surface area contributed by atoms with Crippen LogP contribution in [0, 0.1) is 0 Å². The van der Waals surface area contributed by atoms with Gasteiger partial charge in [-0.1, -0.05) is 11.6 Å². The highest BCUT2D eigenvalue weighted by atomic mass is 35.5. The van der Waals surface area contributed by atoms with Crippen molar-refractivity contribution in [3.8, 4) is 0 Å². The van der Waals surface area contributed by atoms with Crippen LogP contribution in [0.25, 0.3) is 0 Å². The molecular formula is C16H22ClNO6S. The standard InChI is InChI=1S/C16H22ClNO6S/c1-15(2,3)24-14(20)18-8-13(16(21,9-18)10-19)25(22,23)12-6-4-11(17)5-7-12/h4-7,13,19,21H,8-10H2,1-3H3. The van der Waals surface area contributed by atoms with Crippen molar-refractivity contribution >= 4 is 27.5 Å². The van der Waals surface area contributed by atoms with Gasteiger partial charge in [-0.2, -0.15) is 0 Å². The van der Waals surface area contributed by atoms with Gasteiger partial charge < -0.3 is 19.8 Å². The number of nitrogens with zero attached hydrogens (tertiary/aromatic N) is 1. The van der Waals surface area contributed by atoms with Crippen molar-refractivity contribution in [2.75, 3.05) is 19.7 Å². The molecule has 0 bridgehead atoms. The summed E-state index contributed by atoms with van der Waals surface area (Å²) in [5.74, 6) is 0. The van der Waals surface area contributed by atoms with E-state index in [1.807, 2.05) is 0 Å². The van der Waals surface area contributed by atoms with Crippen molar-refractivity contribution in [3.63, 3.8) is 0 Å². The van der Waals surface area contributed by atoms with E-state index in [1.54, 1.807) is 20.8 Å². The average molecular weight is 392 g/mol. The normalized spacial score (nSPS) is 24.4. The van der Waals surface area contributed by atoms with E-state index < -0.39 is 39.0 Å². The molecule has 2 rings (SSSR count). The van der Waals surface area contributed by atoms with Gasteiger partial charge in [0, 0.05) is 11.6 Å². The largest absolute Gasteiger partial charge is 0.444 e. The Morgan fingerprint density at radius 1 is 1.36 bits per heavy atom. The number of halogens is 1. The highest BCUT2D eigenvalue weighted by Gasteiger charge is 2.54. The number of carbonyl (C=O) groups excluding carboxylic acids is 1. The Morgan fingerprint density at radius 2 is 1.92 bits per heavy atom. The Labute approximate surface area is 152 Å². The molecule has 1 aliphatic heterocycles. The molecule has 0 spiro atoms. The molecule has 9 heteroatoms. The molecule has 25 heavy (non-hydrogen) atoms. The minimum atomic E-state index is -4.00. The van der Waals surface area contributed by atoms with E-state index in [4.69, 9.17) is 16.3 Å². The van der Waals surface area contributed by atoms with Crippen molar-refractivity contribution in [1.82, 2.24) is 4.90 Å². The van der Waals surface area contributed by atoms with Crippen LogP contribution in [-0.4, -0.2) is 65.8 Å². The minimum absolute atomic E-state index is 0.0418. The monoisotopic (exact) mass is 391 g/mol. The maximum atomic E-state index is 12.9. The molecule has 1 amide bonds. The molecule has 1 saturated heterocycles. The first-order chi connectivity index (χ1) is 11.4. The van der Waals surface area contributed by atoms with Crippen LogP contribution in [0.3, 0.4) is 0 Å². The maximum Gasteiger partial charge on any atom is 0.410 e. The van der Waals surface area contributed by atoms with Crippen LogP contribution >= 0.6 is 11.6 Å². The summed E-state index contributed by atoms with van der Waals surface area (Å²) >= 11 is 5.78. The fourth-order valence-electron chi connectivity index (χ4n) is 2.66. The fraction of sp³-hybridized carbons (Fsp3) is 0.562. The highest BCUT2D eigenvalue weighted by Crippen LogP contribution is 2.32. The number of aliphatic hydroxyl groups excluding tert-OH is 1. The van der Waals surface area contributed by atoms with E-state index >= 15 is 0 Å². The highest BCUT2D eigenvalue weighted by molar-refractivity contribution is 7.92. The van der Waals surface area contributed by atoms with Gasteiger partial charge in [0.2, 0.25) is 0 Å². The summed E-state index contributed by atoms with van der Waals surface area (Å²) in [7, 11) is -4.00. The first-order valence-electron chi connectivity index (χ1n) is 7.70. The number of sulfone groups is 1. The SMILES string of the molecule is CC(C)(C)OC(=O)N1CC(S(=O)(=O)c2ccc(Cl)cc2)C(O)(CO)C1. The molecule has 1 fully saturated rings. The molecule has 0 aromatic heterocycles. The van der Waals surface area contributed by atoms with Gasteiger partial charge in [-0.05, 0) is 45.0 Å². The zero-order chi connectivity index (χ0) is 19.0. The molecule has 0 aliphatic carbocycles. The maximum absolute atomic E-state index is 12.9. The van der Waals surface area contributed by atoms with Crippen LogP contribution in [0.2, 0.25) is 5.02 Å². The third kappa shape index (κ3) is 4.25. The van der Waals surface area contributed by atoms with E-state index in [2.05, 4.69) is 0 Å². The molecule has 2 unspecified atom stereocenters. The lowest BCUT2D eigenvalue weighted by atomic mass is 10.1. The van der Waals surface area contributed by atoms with Gasteiger partial charge in [0.05, 0.1) is 18.0 Å². The van der Waals surface area contributed by atoms with Gasteiger partial charge in [0.15, 0.2) is 9.84 Å². The Balaban J connectivity index is 2.33. The van der Waals surface area contributed by atoms with E-state index in [-0.39, 0.29) is 18.0 Å². The van der Waals surface area contributed by atoms with Crippen molar-refractivity contribution in [2.45, 2.75) is 42.1 Å². The molecule has 140 valence electrons. The summed E-state index contributed by atoms with van der Waals surface area (Å²) < 4.78 is 31.0. The third-order valence-corrected chi connectivity index (χ3v) is 6.41. The predicted octanol–water partition coefficient (Wildman–Crippen LogP) is 1.46. The topological polar surface area (TPSA) is 104 Å². The first-order valence-corrected chi connectivity index (χ1v) is 9.62. The van der Waals surface area contributed by atoms with Gasteiger partial charge in [-0.15, -0.1) is 0 Å². The quantitative estimate of drug-likeness (QED) is 0.808. The summed E-state index contributed by atoms with van der Waals surface area (Å²) in [5.41, 5.74) is -2.74. The molecule has 2 N–H and O–H groups in total. The summed E-state index contributed by atoms with van der Waals surface area (Å²) in [6.45, 7) is 3.63. The molecule has 7 nitrogen and oxygen atoms in total. The van der Waals surface area contributed by atoms with Crippen LogP contribution in [-0.2, 0) is 14.6 Å². The Hall–Kier alpha value is -1.35. The number of benzene rings is 1. The van der Waals surface area contributed by atoms with Crippen molar-refractivity contribution in [3.05, 3.63) is 29.3 Å². The molecule has 1 heterocycles. The number of ether oxygens (including phenoxy) is 1. The minimum Gasteiger partial charge on any atom is -0.444 e. The molecule has 1 aliphatic rings. The second-order valence-electron chi connectivity index (χ2n) is 7.11. The lowest BCUT2D eigenvalue weighted by Crippen LogP contribution is -2.49. The molecule has 1 aromatic rings. The molecule has 2 atom stereocenters. The van der Waals surface area contributed by atoms with E-state index in [0.717, 1.165) is 4.90 Å². The first kappa shape index (κ1) is 20.0. The fourth-order valence-corrected chi connectivity index (χ4v) is 4.73. The lowest BCUT2D eigenvalue weighted by Gasteiger charge is -2.26. The Bertz CT molecular complexity index is 743. The van der Waals surface area contributed by atoms with Gasteiger partial charge in [0.25, 0.3) is 0 Å². The van der Waals surface area contributed by atoms with Crippen LogP contribution in [0.5, 0.6) is 0 Å².